The number of Topliss-reactive ketones (excluding diaryl/α,β-unsaturated/α-hetero) is 1. The van der Waals surface area contributed by atoms with Gasteiger partial charge in [-0.2, -0.15) is 0 Å². The molecule has 0 N–H and O–H groups in total. The summed E-state index contributed by atoms with van der Waals surface area (Å²) in [5.41, 5.74) is 0. The highest BCUT2D eigenvalue weighted by molar-refractivity contribution is 5.78. The number of carbonyl (C=O) groups is 1. The topological polar surface area (TPSA) is 30.2 Å². The maximum absolute atomic E-state index is 11.0. The lowest BCUT2D eigenvalue weighted by molar-refractivity contribution is -0.118. The van der Waals surface area contributed by atoms with Gasteiger partial charge in [0.2, 0.25) is 0 Å². The Bertz CT molecular complexity index is 261. The van der Waals surface area contributed by atoms with Crippen LogP contribution in [0.4, 0.5) is 0 Å². The summed E-state index contributed by atoms with van der Waals surface area (Å²) in [6, 6.07) is 3.85. The van der Waals surface area contributed by atoms with Gasteiger partial charge in [-0.05, 0) is 19.1 Å². The minimum atomic E-state index is 0.295. The van der Waals surface area contributed by atoms with Crippen LogP contribution < -0.4 is 0 Å². The minimum absolute atomic E-state index is 0.295. The van der Waals surface area contributed by atoms with E-state index in [1.165, 1.54) is 0 Å². The Balaban J connectivity index is 2.38. The number of hydrogen-bond acceptors (Lipinski definition) is 2. The molecule has 0 aliphatic rings. The molecular weight excluding hydrogens is 152 g/mol. The predicted octanol–water partition coefficient (Wildman–Crippen LogP) is 2.50. The van der Waals surface area contributed by atoms with Crippen LogP contribution in [0.1, 0.15) is 31.3 Å². The average Bonchev–Trinajstić information content (AvgIpc) is 2.47. The van der Waals surface area contributed by atoms with Crippen LogP contribution >= 0.6 is 0 Å². The third-order valence-electron chi connectivity index (χ3n) is 1.84. The summed E-state index contributed by atoms with van der Waals surface area (Å²) >= 11 is 0. The van der Waals surface area contributed by atoms with Crippen molar-refractivity contribution in [1.82, 2.24) is 0 Å². The first-order chi connectivity index (χ1) is 5.72. The maximum Gasteiger partial charge on any atom is 0.133 e. The second-order valence-electron chi connectivity index (χ2n) is 2.90. The van der Waals surface area contributed by atoms with Crippen LogP contribution in [-0.2, 0) is 11.2 Å². The van der Waals surface area contributed by atoms with E-state index in [2.05, 4.69) is 0 Å². The highest BCUT2D eigenvalue weighted by Crippen LogP contribution is 2.09. The van der Waals surface area contributed by atoms with Gasteiger partial charge < -0.3 is 4.42 Å². The monoisotopic (exact) mass is 166 g/mol. The van der Waals surface area contributed by atoms with Crippen molar-refractivity contribution < 1.29 is 9.21 Å². The second kappa shape index (κ2) is 4.10. The molecule has 0 fully saturated rings. The van der Waals surface area contributed by atoms with E-state index in [9.17, 15) is 4.79 Å². The van der Waals surface area contributed by atoms with Crippen molar-refractivity contribution in [3.8, 4) is 0 Å². The molecule has 1 aromatic rings. The third-order valence-corrected chi connectivity index (χ3v) is 1.84. The van der Waals surface area contributed by atoms with Crippen molar-refractivity contribution >= 4 is 5.78 Å². The number of hydrogen-bond donors (Lipinski definition) is 0. The molecule has 0 bridgehead atoms. The average molecular weight is 166 g/mol. The molecule has 0 unspecified atom stereocenters. The standard InChI is InChI=1S/C10H14O2/c1-3-9(11)5-7-10-6-4-8(2)12-10/h4,6H,3,5,7H2,1-2H3. The molecule has 0 amide bonds. The smallest absolute Gasteiger partial charge is 0.133 e. The molecule has 0 aromatic carbocycles. The first-order valence-corrected chi connectivity index (χ1v) is 4.29. The molecule has 2 heteroatoms. The first-order valence-electron chi connectivity index (χ1n) is 4.29. The zero-order chi connectivity index (χ0) is 8.97. The Kier molecular flexibility index (Phi) is 3.09. The number of aryl methyl sites for hydroxylation is 2. The van der Waals surface area contributed by atoms with Crippen molar-refractivity contribution in [2.45, 2.75) is 33.1 Å². The summed E-state index contributed by atoms with van der Waals surface area (Å²) in [4.78, 5) is 11.0. The van der Waals surface area contributed by atoms with Crippen LogP contribution in [-0.4, -0.2) is 5.78 Å². The van der Waals surface area contributed by atoms with Gasteiger partial charge >= 0.3 is 0 Å². The molecule has 1 rings (SSSR count). The number of ketones is 1. The fourth-order valence-corrected chi connectivity index (χ4v) is 1.06. The van der Waals surface area contributed by atoms with Crippen LogP contribution in [0.15, 0.2) is 16.5 Å². The van der Waals surface area contributed by atoms with E-state index in [-0.39, 0.29) is 0 Å². The van der Waals surface area contributed by atoms with Crippen LogP contribution in [0.3, 0.4) is 0 Å². The summed E-state index contributed by atoms with van der Waals surface area (Å²) in [6.07, 6.45) is 1.96. The summed E-state index contributed by atoms with van der Waals surface area (Å²) in [6.45, 7) is 3.79. The normalized spacial score (nSPS) is 10.2. The van der Waals surface area contributed by atoms with E-state index >= 15 is 0 Å². The van der Waals surface area contributed by atoms with Crippen molar-refractivity contribution in [1.29, 1.82) is 0 Å². The number of rotatable bonds is 4. The van der Waals surface area contributed by atoms with Gasteiger partial charge in [-0.25, -0.2) is 0 Å². The molecule has 0 radical (unpaired) electrons. The van der Waals surface area contributed by atoms with Gasteiger partial charge in [-0.15, -0.1) is 0 Å². The molecule has 12 heavy (non-hydrogen) atoms. The van der Waals surface area contributed by atoms with E-state index in [1.54, 1.807) is 0 Å². The fraction of sp³-hybridized carbons (Fsp3) is 0.500. The van der Waals surface area contributed by atoms with Gasteiger partial charge in [0.15, 0.2) is 0 Å². The van der Waals surface area contributed by atoms with E-state index in [1.807, 2.05) is 26.0 Å². The SMILES string of the molecule is CCC(=O)CCc1ccc(C)o1. The molecule has 66 valence electrons. The molecule has 0 spiro atoms. The molecule has 0 saturated heterocycles. The zero-order valence-corrected chi connectivity index (χ0v) is 7.59. The highest BCUT2D eigenvalue weighted by atomic mass is 16.3. The Morgan fingerprint density at radius 1 is 1.50 bits per heavy atom. The highest BCUT2D eigenvalue weighted by Gasteiger charge is 2.02. The Morgan fingerprint density at radius 3 is 2.75 bits per heavy atom. The molecule has 0 aliphatic carbocycles. The molecule has 0 saturated carbocycles. The second-order valence-corrected chi connectivity index (χ2v) is 2.90. The predicted molar refractivity (Wildman–Crippen MR) is 47.1 cm³/mol. The maximum atomic E-state index is 11.0. The lowest BCUT2D eigenvalue weighted by Crippen LogP contribution is -1.96. The van der Waals surface area contributed by atoms with Gasteiger partial charge in [0.05, 0.1) is 0 Å². The third kappa shape index (κ3) is 2.53. The van der Waals surface area contributed by atoms with E-state index in [0.717, 1.165) is 17.9 Å². The molecule has 0 atom stereocenters. The lowest BCUT2D eigenvalue weighted by atomic mass is 10.1. The molecular formula is C10H14O2. The van der Waals surface area contributed by atoms with Crippen molar-refractivity contribution in [3.63, 3.8) is 0 Å². The summed E-state index contributed by atoms with van der Waals surface area (Å²) in [5, 5.41) is 0. The summed E-state index contributed by atoms with van der Waals surface area (Å²) in [5.74, 6) is 2.12. The zero-order valence-electron chi connectivity index (χ0n) is 7.59. The van der Waals surface area contributed by atoms with Crippen molar-refractivity contribution in [2.75, 3.05) is 0 Å². The summed E-state index contributed by atoms with van der Waals surface area (Å²) in [7, 11) is 0. The van der Waals surface area contributed by atoms with Crippen LogP contribution in [0.2, 0.25) is 0 Å². The number of carbonyl (C=O) groups excluding carboxylic acids is 1. The van der Waals surface area contributed by atoms with Gasteiger partial charge in [0, 0.05) is 19.3 Å². The minimum Gasteiger partial charge on any atom is -0.466 e. The van der Waals surface area contributed by atoms with Crippen LogP contribution in [0.25, 0.3) is 0 Å². The molecule has 1 heterocycles. The number of furan rings is 1. The lowest BCUT2D eigenvalue weighted by Gasteiger charge is -1.94. The fourth-order valence-electron chi connectivity index (χ4n) is 1.06. The molecule has 1 aromatic heterocycles. The van der Waals surface area contributed by atoms with Gasteiger partial charge in [-0.3, -0.25) is 4.79 Å². The van der Waals surface area contributed by atoms with Gasteiger partial charge in [0.1, 0.15) is 17.3 Å². The van der Waals surface area contributed by atoms with Gasteiger partial charge in [-0.1, -0.05) is 6.92 Å². The molecule has 2 nitrogen and oxygen atoms in total. The largest absolute Gasteiger partial charge is 0.466 e. The Hall–Kier alpha value is -1.05. The van der Waals surface area contributed by atoms with Crippen LogP contribution in [0.5, 0.6) is 0 Å². The van der Waals surface area contributed by atoms with Crippen LogP contribution in [0, 0.1) is 6.92 Å². The van der Waals surface area contributed by atoms with E-state index in [0.29, 0.717) is 18.6 Å². The summed E-state index contributed by atoms with van der Waals surface area (Å²) < 4.78 is 5.33. The first kappa shape index (κ1) is 9.04. The van der Waals surface area contributed by atoms with E-state index in [4.69, 9.17) is 4.42 Å². The molecule has 0 aliphatic heterocycles. The quantitative estimate of drug-likeness (QED) is 0.688. The van der Waals surface area contributed by atoms with Crippen molar-refractivity contribution in [3.05, 3.63) is 23.7 Å². The Morgan fingerprint density at radius 2 is 2.25 bits per heavy atom. The van der Waals surface area contributed by atoms with E-state index < -0.39 is 0 Å². The Labute approximate surface area is 72.6 Å². The van der Waals surface area contributed by atoms with Crippen molar-refractivity contribution in [2.24, 2.45) is 0 Å². The van der Waals surface area contributed by atoms with Gasteiger partial charge in [0.25, 0.3) is 0 Å².